The van der Waals surface area contributed by atoms with Crippen LogP contribution in [-0.2, 0) is 0 Å². The molecule has 3 aromatic rings. The Morgan fingerprint density at radius 3 is 2.81 bits per heavy atom. The average molecular weight is 314 g/mol. The van der Waals surface area contributed by atoms with Gasteiger partial charge in [0.2, 0.25) is 0 Å². The molecule has 0 saturated carbocycles. The van der Waals surface area contributed by atoms with Crippen molar-refractivity contribution in [2.24, 2.45) is 5.73 Å². The molecule has 0 fully saturated rings. The van der Waals surface area contributed by atoms with E-state index in [0.717, 1.165) is 32.8 Å². The third-order valence-electron chi connectivity index (χ3n) is 3.36. The smallest absolute Gasteiger partial charge is 0.154 e. The third kappa shape index (κ3) is 2.36. The highest BCUT2D eigenvalue weighted by Crippen LogP contribution is 2.34. The summed E-state index contributed by atoms with van der Waals surface area (Å²) < 4.78 is 1.07. The summed E-state index contributed by atoms with van der Waals surface area (Å²) in [6.07, 6.45) is 1.59. The minimum atomic E-state index is 0.380. The van der Waals surface area contributed by atoms with Crippen LogP contribution in [0.5, 0.6) is 0 Å². The van der Waals surface area contributed by atoms with Crippen LogP contribution in [0.25, 0.3) is 10.2 Å². The summed E-state index contributed by atoms with van der Waals surface area (Å²) in [5.74, 6) is 0.863. The van der Waals surface area contributed by atoms with Gasteiger partial charge < -0.3 is 10.6 Å². The molecule has 0 bridgehead atoms. The molecule has 0 saturated heterocycles. The van der Waals surface area contributed by atoms with Crippen molar-refractivity contribution in [1.29, 1.82) is 0 Å². The van der Waals surface area contributed by atoms with Gasteiger partial charge in [0.15, 0.2) is 5.82 Å². The zero-order valence-corrected chi connectivity index (χ0v) is 13.3. The van der Waals surface area contributed by atoms with Crippen LogP contribution in [0.1, 0.15) is 11.1 Å². The second-order valence-electron chi connectivity index (χ2n) is 4.73. The highest BCUT2D eigenvalue weighted by molar-refractivity contribution is 7.80. The molecule has 0 aliphatic rings. The number of nitrogens with two attached hydrogens (primary N) is 1. The lowest BCUT2D eigenvalue weighted by Gasteiger charge is -2.21. The van der Waals surface area contributed by atoms with Gasteiger partial charge in [0.25, 0.3) is 0 Å². The SMILES string of the molecule is Cc1csc2c(N(C)c3ccccc3C(N)=S)ncnc12. The topological polar surface area (TPSA) is 55.0 Å². The number of thiocarbonyl (C=S) groups is 1. The van der Waals surface area contributed by atoms with E-state index in [-0.39, 0.29) is 0 Å². The second-order valence-corrected chi connectivity index (χ2v) is 6.05. The fourth-order valence-electron chi connectivity index (χ4n) is 2.28. The van der Waals surface area contributed by atoms with Crippen LogP contribution in [0.15, 0.2) is 36.0 Å². The summed E-state index contributed by atoms with van der Waals surface area (Å²) in [7, 11) is 1.97. The molecular formula is C15H14N4S2. The van der Waals surface area contributed by atoms with Crippen LogP contribution >= 0.6 is 23.6 Å². The average Bonchev–Trinajstić information content (AvgIpc) is 2.88. The molecule has 0 atom stereocenters. The van der Waals surface area contributed by atoms with Crippen LogP contribution in [0.2, 0.25) is 0 Å². The Kier molecular flexibility index (Phi) is 3.57. The Hall–Kier alpha value is -2.05. The number of thiophene rings is 1. The van der Waals surface area contributed by atoms with Gasteiger partial charge in [0, 0.05) is 12.6 Å². The van der Waals surface area contributed by atoms with Gasteiger partial charge >= 0.3 is 0 Å². The number of rotatable bonds is 3. The van der Waals surface area contributed by atoms with Gasteiger partial charge in [-0.1, -0.05) is 24.4 Å². The van der Waals surface area contributed by atoms with Crippen molar-refractivity contribution in [2.75, 3.05) is 11.9 Å². The zero-order chi connectivity index (χ0) is 15.0. The number of aryl methyl sites for hydroxylation is 1. The normalized spacial score (nSPS) is 10.8. The van der Waals surface area contributed by atoms with Crippen LogP contribution < -0.4 is 10.6 Å². The molecular weight excluding hydrogens is 300 g/mol. The summed E-state index contributed by atoms with van der Waals surface area (Å²) in [6.45, 7) is 2.05. The van der Waals surface area contributed by atoms with Crippen LogP contribution in [-0.4, -0.2) is 22.0 Å². The highest BCUT2D eigenvalue weighted by atomic mass is 32.1. The first-order valence-corrected chi connectivity index (χ1v) is 7.69. The fraction of sp³-hybridized carbons (Fsp3) is 0.133. The summed E-state index contributed by atoms with van der Waals surface area (Å²) >= 11 is 6.79. The van der Waals surface area contributed by atoms with Crippen molar-refractivity contribution >= 4 is 50.3 Å². The van der Waals surface area contributed by atoms with Gasteiger partial charge in [0.05, 0.1) is 15.9 Å². The standard InChI is InChI=1S/C15H14N4S2/c1-9-7-21-13-12(9)17-8-18-15(13)19(2)11-6-4-3-5-10(11)14(16)20/h3-8H,1-2H3,(H2,16,20). The molecule has 4 nitrogen and oxygen atoms in total. The quantitative estimate of drug-likeness (QED) is 0.751. The number of benzene rings is 1. The summed E-state index contributed by atoms with van der Waals surface area (Å²) in [4.78, 5) is 11.2. The number of aromatic nitrogens is 2. The Bertz CT molecular complexity index is 825. The van der Waals surface area contributed by atoms with Crippen molar-refractivity contribution in [3.63, 3.8) is 0 Å². The Balaban J connectivity index is 2.17. The maximum Gasteiger partial charge on any atom is 0.154 e. The Labute approximate surface area is 132 Å². The Morgan fingerprint density at radius 2 is 2.05 bits per heavy atom. The van der Waals surface area contributed by atoms with Crippen molar-refractivity contribution in [3.8, 4) is 0 Å². The van der Waals surface area contributed by atoms with Gasteiger partial charge in [-0.25, -0.2) is 9.97 Å². The van der Waals surface area contributed by atoms with E-state index < -0.39 is 0 Å². The lowest BCUT2D eigenvalue weighted by atomic mass is 10.1. The van der Waals surface area contributed by atoms with Gasteiger partial charge in [-0.2, -0.15) is 0 Å². The van der Waals surface area contributed by atoms with Crippen molar-refractivity contribution in [3.05, 3.63) is 47.1 Å². The van der Waals surface area contributed by atoms with Crippen LogP contribution in [0.4, 0.5) is 11.5 Å². The van der Waals surface area contributed by atoms with Gasteiger partial charge in [-0.05, 0) is 30.0 Å². The van der Waals surface area contributed by atoms with E-state index in [1.807, 2.05) is 36.2 Å². The second kappa shape index (κ2) is 5.38. The van der Waals surface area contributed by atoms with Crippen LogP contribution in [0.3, 0.4) is 0 Å². The monoisotopic (exact) mass is 314 g/mol. The highest BCUT2D eigenvalue weighted by Gasteiger charge is 2.16. The van der Waals surface area contributed by atoms with Crippen LogP contribution in [0, 0.1) is 6.92 Å². The minimum Gasteiger partial charge on any atom is -0.389 e. The van der Waals surface area contributed by atoms with Gasteiger partial charge in [0.1, 0.15) is 11.3 Å². The lowest BCUT2D eigenvalue weighted by molar-refractivity contribution is 1.11. The first-order chi connectivity index (χ1) is 10.1. The molecule has 0 unspecified atom stereocenters. The molecule has 0 aliphatic heterocycles. The molecule has 106 valence electrons. The third-order valence-corrected chi connectivity index (χ3v) is 4.66. The molecule has 2 heterocycles. The van der Waals surface area contributed by atoms with E-state index in [2.05, 4.69) is 22.3 Å². The molecule has 0 spiro atoms. The molecule has 2 N–H and O–H groups in total. The summed E-state index contributed by atoms with van der Waals surface area (Å²) in [6, 6.07) is 7.80. The van der Waals surface area contributed by atoms with E-state index in [1.165, 1.54) is 0 Å². The van der Waals surface area contributed by atoms with E-state index in [9.17, 15) is 0 Å². The summed E-state index contributed by atoms with van der Waals surface area (Å²) in [5.41, 5.74) is 9.76. The van der Waals surface area contributed by atoms with Crippen molar-refractivity contribution < 1.29 is 0 Å². The first-order valence-electron chi connectivity index (χ1n) is 6.41. The van der Waals surface area contributed by atoms with Gasteiger partial charge in [-0.3, -0.25) is 0 Å². The number of para-hydroxylation sites is 1. The minimum absolute atomic E-state index is 0.380. The number of fused-ring (bicyclic) bond motifs is 1. The molecule has 3 rings (SSSR count). The molecule has 21 heavy (non-hydrogen) atoms. The lowest BCUT2D eigenvalue weighted by Crippen LogP contribution is -2.18. The zero-order valence-electron chi connectivity index (χ0n) is 11.7. The van der Waals surface area contributed by atoms with Gasteiger partial charge in [-0.15, -0.1) is 11.3 Å². The predicted octanol–water partition coefficient (Wildman–Crippen LogP) is 3.40. The molecule has 2 aromatic heterocycles. The number of nitrogens with zero attached hydrogens (tertiary/aromatic N) is 3. The van der Waals surface area contributed by atoms with E-state index in [1.54, 1.807) is 17.7 Å². The molecule has 6 heteroatoms. The molecule has 0 amide bonds. The number of hydrogen-bond donors (Lipinski definition) is 1. The van der Waals surface area contributed by atoms with Crippen molar-refractivity contribution in [2.45, 2.75) is 6.92 Å². The largest absolute Gasteiger partial charge is 0.389 e. The maximum absolute atomic E-state index is 5.82. The molecule has 0 aliphatic carbocycles. The first kappa shape index (κ1) is 13.9. The van der Waals surface area contributed by atoms with E-state index >= 15 is 0 Å². The summed E-state index contributed by atoms with van der Waals surface area (Å²) in [5, 5.41) is 2.09. The molecule has 0 radical (unpaired) electrons. The van der Waals surface area contributed by atoms with E-state index in [4.69, 9.17) is 18.0 Å². The van der Waals surface area contributed by atoms with Crippen molar-refractivity contribution in [1.82, 2.24) is 9.97 Å². The fourth-order valence-corrected chi connectivity index (χ4v) is 3.48. The van der Waals surface area contributed by atoms with E-state index in [0.29, 0.717) is 4.99 Å². The molecule has 1 aromatic carbocycles. The number of anilines is 2. The Morgan fingerprint density at radius 1 is 1.29 bits per heavy atom. The predicted molar refractivity (Wildman–Crippen MR) is 92.5 cm³/mol. The maximum atomic E-state index is 5.82. The number of hydrogen-bond acceptors (Lipinski definition) is 5.